The quantitative estimate of drug-likeness (QED) is 0.787. The highest BCUT2D eigenvalue weighted by Crippen LogP contribution is 2.32. The standard InChI is InChI=1S/C16H16ClFN4O/c17-10-3-4-11-12(9-19-13(11)8-10)16-20-15(14-2-1-7-23-14)21-22(16)6-5-18/h3-4,8-9,14,19H,1-2,5-7H2. The third kappa shape index (κ3) is 2.62. The summed E-state index contributed by atoms with van der Waals surface area (Å²) in [6, 6.07) is 5.62. The van der Waals surface area contributed by atoms with Gasteiger partial charge in [-0.3, -0.25) is 0 Å². The lowest BCUT2D eigenvalue weighted by Gasteiger charge is -2.02. The van der Waals surface area contributed by atoms with Crippen LogP contribution in [0.2, 0.25) is 5.02 Å². The van der Waals surface area contributed by atoms with Crippen LogP contribution in [0.4, 0.5) is 4.39 Å². The van der Waals surface area contributed by atoms with Crippen LogP contribution >= 0.6 is 11.6 Å². The Hall–Kier alpha value is -1.92. The van der Waals surface area contributed by atoms with E-state index in [0.29, 0.717) is 16.7 Å². The van der Waals surface area contributed by atoms with Crippen molar-refractivity contribution in [3.8, 4) is 11.4 Å². The number of H-pyrrole nitrogens is 1. The number of aromatic nitrogens is 4. The molecule has 2 aromatic heterocycles. The minimum absolute atomic E-state index is 0.0886. The van der Waals surface area contributed by atoms with Crippen molar-refractivity contribution in [1.82, 2.24) is 19.7 Å². The molecule has 1 aromatic carbocycles. The predicted octanol–water partition coefficient (Wildman–Crippen LogP) is 3.90. The fourth-order valence-corrected chi connectivity index (χ4v) is 3.17. The van der Waals surface area contributed by atoms with Crippen LogP contribution in [0.5, 0.6) is 0 Å². The van der Waals surface area contributed by atoms with Gasteiger partial charge in [-0.15, -0.1) is 0 Å². The summed E-state index contributed by atoms with van der Waals surface area (Å²) in [4.78, 5) is 7.82. The lowest BCUT2D eigenvalue weighted by molar-refractivity contribution is 0.105. The Bertz CT molecular complexity index is 838. The monoisotopic (exact) mass is 334 g/mol. The van der Waals surface area contributed by atoms with Gasteiger partial charge in [0.05, 0.1) is 6.54 Å². The van der Waals surface area contributed by atoms with E-state index in [1.54, 1.807) is 4.68 Å². The summed E-state index contributed by atoms with van der Waals surface area (Å²) in [6.07, 6.45) is 3.68. The molecule has 1 saturated heterocycles. The van der Waals surface area contributed by atoms with E-state index in [-0.39, 0.29) is 12.6 Å². The Balaban J connectivity index is 1.82. The Labute approximate surface area is 137 Å². The molecule has 0 radical (unpaired) electrons. The van der Waals surface area contributed by atoms with Gasteiger partial charge in [-0.05, 0) is 25.0 Å². The minimum Gasteiger partial charge on any atom is -0.370 e. The van der Waals surface area contributed by atoms with E-state index >= 15 is 0 Å². The van der Waals surface area contributed by atoms with Crippen molar-refractivity contribution >= 4 is 22.5 Å². The molecule has 120 valence electrons. The smallest absolute Gasteiger partial charge is 0.180 e. The van der Waals surface area contributed by atoms with Crippen molar-refractivity contribution in [2.75, 3.05) is 13.3 Å². The second kappa shape index (κ2) is 5.94. The van der Waals surface area contributed by atoms with E-state index in [4.69, 9.17) is 16.3 Å². The lowest BCUT2D eigenvalue weighted by atomic mass is 10.1. The molecule has 1 atom stereocenters. The number of hydrogen-bond acceptors (Lipinski definition) is 3. The van der Waals surface area contributed by atoms with E-state index in [9.17, 15) is 4.39 Å². The molecule has 1 aliphatic heterocycles. The van der Waals surface area contributed by atoms with Gasteiger partial charge in [-0.2, -0.15) is 5.10 Å². The van der Waals surface area contributed by atoms with Crippen molar-refractivity contribution in [2.24, 2.45) is 0 Å². The van der Waals surface area contributed by atoms with Crippen molar-refractivity contribution in [3.63, 3.8) is 0 Å². The molecule has 0 saturated carbocycles. The zero-order valence-electron chi connectivity index (χ0n) is 12.4. The van der Waals surface area contributed by atoms with Crippen LogP contribution in [0.1, 0.15) is 24.8 Å². The van der Waals surface area contributed by atoms with Gasteiger partial charge in [0, 0.05) is 34.3 Å². The number of halogens is 2. The van der Waals surface area contributed by atoms with Gasteiger partial charge in [-0.1, -0.05) is 17.7 Å². The topological polar surface area (TPSA) is 55.7 Å². The first kappa shape index (κ1) is 14.7. The van der Waals surface area contributed by atoms with Gasteiger partial charge < -0.3 is 9.72 Å². The number of nitrogens with one attached hydrogen (secondary N) is 1. The maximum absolute atomic E-state index is 12.9. The molecule has 5 nitrogen and oxygen atoms in total. The number of alkyl halides is 1. The van der Waals surface area contributed by atoms with Crippen LogP contribution in [0.3, 0.4) is 0 Å². The van der Waals surface area contributed by atoms with Gasteiger partial charge in [-0.25, -0.2) is 14.1 Å². The van der Waals surface area contributed by atoms with Gasteiger partial charge in [0.1, 0.15) is 12.8 Å². The van der Waals surface area contributed by atoms with Crippen LogP contribution in [-0.2, 0) is 11.3 Å². The van der Waals surface area contributed by atoms with Crippen molar-refractivity contribution < 1.29 is 9.13 Å². The van der Waals surface area contributed by atoms with Gasteiger partial charge in [0.25, 0.3) is 0 Å². The van der Waals surface area contributed by atoms with Gasteiger partial charge >= 0.3 is 0 Å². The number of ether oxygens (including phenoxy) is 1. The van der Waals surface area contributed by atoms with Crippen LogP contribution in [0.15, 0.2) is 24.4 Å². The predicted molar refractivity (Wildman–Crippen MR) is 86.2 cm³/mol. The maximum Gasteiger partial charge on any atom is 0.180 e. The van der Waals surface area contributed by atoms with E-state index in [1.165, 1.54) is 0 Å². The average Bonchev–Trinajstić information content (AvgIpc) is 3.25. The largest absolute Gasteiger partial charge is 0.370 e. The molecule has 1 fully saturated rings. The SMILES string of the molecule is FCCn1nc(C2CCCO2)nc1-c1c[nH]c2cc(Cl)ccc12. The molecule has 23 heavy (non-hydrogen) atoms. The number of nitrogens with zero attached hydrogens (tertiary/aromatic N) is 3. The number of hydrogen-bond donors (Lipinski definition) is 1. The summed E-state index contributed by atoms with van der Waals surface area (Å²) in [5.41, 5.74) is 1.81. The molecule has 0 bridgehead atoms. The number of fused-ring (bicyclic) bond motifs is 1. The van der Waals surface area contributed by atoms with Crippen LogP contribution in [-0.4, -0.2) is 33.0 Å². The first-order valence-electron chi connectivity index (χ1n) is 7.65. The maximum atomic E-state index is 12.9. The Morgan fingerprint density at radius 1 is 1.43 bits per heavy atom. The number of aryl methyl sites for hydroxylation is 1. The minimum atomic E-state index is -0.491. The zero-order valence-corrected chi connectivity index (χ0v) is 13.2. The number of rotatable bonds is 4. The van der Waals surface area contributed by atoms with E-state index in [1.807, 2.05) is 24.4 Å². The lowest BCUT2D eigenvalue weighted by Crippen LogP contribution is -2.05. The molecule has 3 aromatic rings. The summed E-state index contributed by atoms with van der Waals surface area (Å²) in [5.74, 6) is 1.29. The highest BCUT2D eigenvalue weighted by Gasteiger charge is 2.25. The van der Waals surface area contributed by atoms with Crippen molar-refractivity contribution in [1.29, 1.82) is 0 Å². The molecule has 7 heteroatoms. The first-order valence-corrected chi connectivity index (χ1v) is 8.03. The highest BCUT2D eigenvalue weighted by molar-refractivity contribution is 6.31. The summed E-state index contributed by atoms with van der Waals surface area (Å²) >= 11 is 6.03. The molecule has 4 rings (SSSR count). The van der Waals surface area contributed by atoms with Crippen molar-refractivity contribution in [3.05, 3.63) is 35.2 Å². The van der Waals surface area contributed by atoms with Crippen molar-refractivity contribution in [2.45, 2.75) is 25.5 Å². The summed E-state index contributed by atoms with van der Waals surface area (Å²) in [5, 5.41) is 6.11. The molecule has 1 aliphatic rings. The second-order valence-corrected chi connectivity index (χ2v) is 6.04. The summed E-state index contributed by atoms with van der Waals surface area (Å²) < 4.78 is 20.2. The van der Waals surface area contributed by atoms with E-state index < -0.39 is 6.67 Å². The number of benzene rings is 1. The fraction of sp³-hybridized carbons (Fsp3) is 0.375. The average molecular weight is 335 g/mol. The fourth-order valence-electron chi connectivity index (χ4n) is 3.00. The summed E-state index contributed by atoms with van der Waals surface area (Å²) in [6.45, 7) is 0.411. The van der Waals surface area contributed by atoms with Crippen LogP contribution in [0.25, 0.3) is 22.3 Å². The molecular weight excluding hydrogens is 319 g/mol. The normalized spacial score (nSPS) is 18.1. The third-order valence-electron chi connectivity index (χ3n) is 4.09. The summed E-state index contributed by atoms with van der Waals surface area (Å²) in [7, 11) is 0. The molecule has 0 aliphatic carbocycles. The van der Waals surface area contributed by atoms with Crippen LogP contribution in [0, 0.1) is 0 Å². The zero-order chi connectivity index (χ0) is 15.8. The third-order valence-corrected chi connectivity index (χ3v) is 4.32. The van der Waals surface area contributed by atoms with Gasteiger partial charge in [0.15, 0.2) is 11.6 Å². The first-order chi connectivity index (χ1) is 11.3. The molecular formula is C16H16ClFN4O. The molecule has 3 heterocycles. The Kier molecular flexibility index (Phi) is 3.79. The Morgan fingerprint density at radius 2 is 2.35 bits per heavy atom. The molecule has 1 unspecified atom stereocenters. The number of aromatic amines is 1. The van der Waals surface area contributed by atoms with Crippen LogP contribution < -0.4 is 0 Å². The van der Waals surface area contributed by atoms with E-state index in [2.05, 4.69) is 15.1 Å². The molecule has 1 N–H and O–H groups in total. The van der Waals surface area contributed by atoms with E-state index in [0.717, 1.165) is 35.9 Å². The molecule has 0 spiro atoms. The Morgan fingerprint density at radius 3 is 3.13 bits per heavy atom. The highest BCUT2D eigenvalue weighted by atomic mass is 35.5. The second-order valence-electron chi connectivity index (χ2n) is 5.60. The molecule has 0 amide bonds. The van der Waals surface area contributed by atoms with Gasteiger partial charge in [0.2, 0.25) is 0 Å².